The third-order valence-corrected chi connectivity index (χ3v) is 10.00. The van der Waals surface area contributed by atoms with Crippen LogP contribution in [0.2, 0.25) is 13.1 Å². The Hall–Kier alpha value is -1.86. The van der Waals surface area contributed by atoms with Gasteiger partial charge in [0, 0.05) is 0 Å². The smallest absolute Gasteiger partial charge is 0.116 e. The molecule has 0 aliphatic heterocycles. The molecule has 1 N–H and O–H groups in total. The molecule has 2 aromatic carbocycles. The lowest BCUT2D eigenvalue weighted by molar-refractivity contribution is 0.293. The monoisotopic (exact) mass is 390 g/mol. The van der Waals surface area contributed by atoms with E-state index in [0.717, 1.165) is 18.4 Å². The van der Waals surface area contributed by atoms with E-state index in [0.29, 0.717) is 5.92 Å². The van der Waals surface area contributed by atoms with Crippen LogP contribution in [0.15, 0.2) is 77.2 Å². The minimum Gasteiger partial charge on any atom is -0.391 e. The van der Waals surface area contributed by atoms with E-state index in [2.05, 4.69) is 79.5 Å². The topological polar surface area (TPSA) is 20.2 Å². The van der Waals surface area contributed by atoms with Crippen LogP contribution < -0.4 is 5.19 Å². The van der Waals surface area contributed by atoms with Gasteiger partial charge in [0.15, 0.2) is 0 Å². The van der Waals surface area contributed by atoms with Crippen LogP contribution in [-0.4, -0.2) is 19.8 Å². The average Bonchev–Trinajstić information content (AvgIpc) is 2.76. The molecule has 0 bridgehead atoms. The van der Waals surface area contributed by atoms with Crippen molar-refractivity contribution in [1.82, 2.24) is 0 Å². The highest BCUT2D eigenvalue weighted by Gasteiger charge is 2.29. The van der Waals surface area contributed by atoms with Gasteiger partial charge in [-0.1, -0.05) is 98.2 Å². The molecule has 28 heavy (non-hydrogen) atoms. The Labute approximate surface area is 171 Å². The van der Waals surface area contributed by atoms with Gasteiger partial charge in [-0.3, -0.25) is 0 Å². The summed E-state index contributed by atoms with van der Waals surface area (Å²) in [5, 5.41) is 13.0. The number of aliphatic hydroxyl groups excluding tert-OH is 1. The minimum absolute atomic E-state index is 0.152. The second-order valence-corrected chi connectivity index (χ2v) is 13.0. The van der Waals surface area contributed by atoms with E-state index in [1.807, 2.05) is 0 Å². The van der Waals surface area contributed by atoms with Crippen molar-refractivity contribution >= 4 is 13.3 Å². The van der Waals surface area contributed by atoms with Crippen molar-refractivity contribution in [3.63, 3.8) is 0 Å². The fraction of sp³-hybridized carbons (Fsp3) is 0.423. The zero-order chi connectivity index (χ0) is 19.8. The van der Waals surface area contributed by atoms with Gasteiger partial charge < -0.3 is 5.11 Å². The SMILES string of the molecule is C[Si](C)(C(=C=C(CO)C1CCCCC1)CCc1ccccc1)c1ccccc1. The van der Waals surface area contributed by atoms with E-state index < -0.39 is 8.07 Å². The van der Waals surface area contributed by atoms with Crippen LogP contribution in [0.1, 0.15) is 44.1 Å². The standard InChI is InChI=1S/C26H34OSi/c1-28(2,25-16-10-5-11-17-25)26(19-18-22-12-6-3-7-13-22)20-24(21-27)23-14-8-4-9-15-23/h3,5-7,10-13,16-17,23,27H,4,8-9,14-15,18-19,21H2,1-2H3. The van der Waals surface area contributed by atoms with Gasteiger partial charge in [-0.2, -0.15) is 0 Å². The quantitative estimate of drug-likeness (QED) is 0.468. The van der Waals surface area contributed by atoms with Crippen LogP contribution in [0.5, 0.6) is 0 Å². The average molecular weight is 391 g/mol. The molecule has 0 radical (unpaired) electrons. The molecule has 148 valence electrons. The zero-order valence-corrected chi connectivity index (χ0v) is 18.5. The summed E-state index contributed by atoms with van der Waals surface area (Å²) in [4.78, 5) is 0. The van der Waals surface area contributed by atoms with Gasteiger partial charge in [0.2, 0.25) is 0 Å². The molecule has 1 fully saturated rings. The minimum atomic E-state index is -1.83. The Balaban J connectivity index is 1.98. The van der Waals surface area contributed by atoms with Gasteiger partial charge >= 0.3 is 0 Å². The number of benzene rings is 2. The molecule has 0 amide bonds. The second-order valence-electron chi connectivity index (χ2n) is 8.60. The zero-order valence-electron chi connectivity index (χ0n) is 17.5. The van der Waals surface area contributed by atoms with Crippen LogP contribution >= 0.6 is 0 Å². The van der Waals surface area contributed by atoms with E-state index in [1.165, 1.54) is 48.1 Å². The fourth-order valence-corrected chi connectivity index (χ4v) is 6.99. The summed E-state index contributed by atoms with van der Waals surface area (Å²) in [6.45, 7) is 5.02. The molecular formula is C26H34OSi. The van der Waals surface area contributed by atoms with E-state index >= 15 is 0 Å². The highest BCUT2D eigenvalue weighted by atomic mass is 28.3. The number of aliphatic hydroxyl groups is 1. The molecule has 1 aliphatic rings. The summed E-state index contributed by atoms with van der Waals surface area (Å²) in [6.07, 6.45) is 8.39. The van der Waals surface area contributed by atoms with Gasteiger partial charge in [-0.15, -0.1) is 5.73 Å². The van der Waals surface area contributed by atoms with Crippen LogP contribution in [0.4, 0.5) is 0 Å². The number of aryl methyl sites for hydroxylation is 1. The lowest BCUT2D eigenvalue weighted by Crippen LogP contribution is -2.43. The molecule has 0 saturated heterocycles. The maximum atomic E-state index is 10.2. The van der Waals surface area contributed by atoms with Gasteiger partial charge in [0.25, 0.3) is 0 Å². The van der Waals surface area contributed by atoms with Crippen LogP contribution in [0.3, 0.4) is 0 Å². The van der Waals surface area contributed by atoms with Crippen molar-refractivity contribution in [1.29, 1.82) is 0 Å². The Bertz CT molecular complexity index is 795. The molecule has 1 nitrogen and oxygen atoms in total. The molecule has 2 aromatic rings. The molecular weight excluding hydrogens is 356 g/mol. The van der Waals surface area contributed by atoms with E-state index in [-0.39, 0.29) is 6.61 Å². The van der Waals surface area contributed by atoms with Crippen molar-refractivity contribution in [2.24, 2.45) is 5.92 Å². The van der Waals surface area contributed by atoms with Crippen molar-refractivity contribution < 1.29 is 5.11 Å². The van der Waals surface area contributed by atoms with Crippen LogP contribution in [0.25, 0.3) is 0 Å². The predicted octanol–water partition coefficient (Wildman–Crippen LogP) is 5.80. The summed E-state index contributed by atoms with van der Waals surface area (Å²) in [5.74, 6) is 0.519. The van der Waals surface area contributed by atoms with Crippen molar-refractivity contribution in [3.8, 4) is 0 Å². The molecule has 0 heterocycles. The summed E-state index contributed by atoms with van der Waals surface area (Å²) in [5.41, 5.74) is 6.36. The predicted molar refractivity (Wildman–Crippen MR) is 123 cm³/mol. The van der Waals surface area contributed by atoms with Crippen LogP contribution in [-0.2, 0) is 6.42 Å². The third kappa shape index (κ3) is 5.35. The summed E-state index contributed by atoms with van der Waals surface area (Å²) < 4.78 is 0. The maximum Gasteiger partial charge on any atom is 0.116 e. The van der Waals surface area contributed by atoms with E-state index in [9.17, 15) is 5.11 Å². The molecule has 0 aromatic heterocycles. The molecule has 3 rings (SSSR count). The summed E-state index contributed by atoms with van der Waals surface area (Å²) in [6, 6.07) is 21.7. The Kier molecular flexibility index (Phi) is 7.50. The maximum absolute atomic E-state index is 10.2. The Morgan fingerprint density at radius 2 is 1.54 bits per heavy atom. The first-order valence-corrected chi connectivity index (χ1v) is 13.8. The molecule has 0 unspecified atom stereocenters. The van der Waals surface area contributed by atoms with E-state index in [1.54, 1.807) is 0 Å². The second kappa shape index (κ2) is 10.1. The first-order valence-electron chi connectivity index (χ1n) is 10.8. The highest BCUT2D eigenvalue weighted by molar-refractivity contribution is 6.95. The normalized spacial score (nSPS) is 15.1. The van der Waals surface area contributed by atoms with Crippen molar-refractivity contribution in [2.45, 2.75) is 58.0 Å². The Morgan fingerprint density at radius 3 is 2.14 bits per heavy atom. The van der Waals surface area contributed by atoms with Gasteiger partial charge in [0.1, 0.15) is 8.07 Å². The highest BCUT2D eigenvalue weighted by Crippen LogP contribution is 2.30. The number of hydrogen-bond acceptors (Lipinski definition) is 1. The Morgan fingerprint density at radius 1 is 0.929 bits per heavy atom. The molecule has 0 atom stereocenters. The molecule has 1 aliphatic carbocycles. The first-order chi connectivity index (χ1) is 13.6. The third-order valence-electron chi connectivity index (χ3n) is 6.34. The number of hydrogen-bond donors (Lipinski definition) is 1. The van der Waals surface area contributed by atoms with Gasteiger partial charge in [-0.25, -0.2) is 0 Å². The van der Waals surface area contributed by atoms with Gasteiger partial charge in [-0.05, 0) is 47.9 Å². The van der Waals surface area contributed by atoms with Crippen molar-refractivity contribution in [3.05, 3.63) is 82.7 Å². The summed E-state index contributed by atoms with van der Waals surface area (Å²) >= 11 is 0. The first kappa shape index (κ1) is 20.9. The van der Waals surface area contributed by atoms with Gasteiger partial charge in [0.05, 0.1) is 6.61 Å². The molecule has 2 heteroatoms. The molecule has 0 spiro atoms. The van der Waals surface area contributed by atoms with Crippen LogP contribution in [0, 0.1) is 5.92 Å². The fourth-order valence-electron chi connectivity index (χ4n) is 4.39. The largest absolute Gasteiger partial charge is 0.391 e. The van der Waals surface area contributed by atoms with Crippen molar-refractivity contribution in [2.75, 3.05) is 6.61 Å². The molecule has 1 saturated carbocycles. The number of rotatable bonds is 7. The summed E-state index contributed by atoms with van der Waals surface area (Å²) in [7, 11) is -1.83. The lowest BCUT2D eigenvalue weighted by Gasteiger charge is -2.27. The lowest BCUT2D eigenvalue weighted by atomic mass is 9.84. The van der Waals surface area contributed by atoms with E-state index in [4.69, 9.17) is 0 Å².